The molecule has 0 fully saturated rings. The first-order valence-electron chi connectivity index (χ1n) is 5.72. The molecule has 0 aliphatic rings. The van der Waals surface area contributed by atoms with Gasteiger partial charge in [-0.1, -0.05) is 18.2 Å². The fraction of sp³-hybridized carbons (Fsp3) is 0. The number of fused-ring (bicyclic) bond motifs is 1. The summed E-state index contributed by atoms with van der Waals surface area (Å²) in [7, 11) is 0. The second-order valence-electron chi connectivity index (χ2n) is 4.03. The van der Waals surface area contributed by atoms with Crippen molar-refractivity contribution in [1.82, 2.24) is 0 Å². The van der Waals surface area contributed by atoms with Crippen LogP contribution in [0.15, 0.2) is 42.5 Å². The predicted molar refractivity (Wildman–Crippen MR) is 82.0 cm³/mol. The average Bonchev–Trinajstić information content (AvgIpc) is 3.02. The van der Waals surface area contributed by atoms with Gasteiger partial charge < -0.3 is 5.11 Å². The first-order valence-corrected chi connectivity index (χ1v) is 7.35. The highest BCUT2D eigenvalue weighted by Gasteiger charge is 2.05. The van der Waals surface area contributed by atoms with Crippen molar-refractivity contribution in [3.63, 3.8) is 0 Å². The van der Waals surface area contributed by atoms with E-state index in [-0.39, 0.29) is 0 Å². The molecule has 0 amide bonds. The van der Waals surface area contributed by atoms with Crippen molar-refractivity contribution in [3.05, 3.63) is 57.1 Å². The third-order valence-corrected chi connectivity index (χ3v) is 4.81. The maximum atomic E-state index is 10.8. The molecule has 2 heterocycles. The summed E-state index contributed by atoms with van der Waals surface area (Å²) >= 11 is 3.02. The van der Waals surface area contributed by atoms with Crippen LogP contribution in [-0.4, -0.2) is 11.1 Å². The van der Waals surface area contributed by atoms with Crippen molar-refractivity contribution in [2.45, 2.75) is 0 Å². The molecule has 94 valence electrons. The second-order valence-corrected chi connectivity index (χ2v) is 6.26. The summed E-state index contributed by atoms with van der Waals surface area (Å²) in [5, 5.41) is 10.1. The fourth-order valence-corrected chi connectivity index (χ4v) is 3.52. The van der Waals surface area contributed by atoms with Crippen LogP contribution in [0.4, 0.5) is 0 Å². The Morgan fingerprint density at radius 2 is 1.79 bits per heavy atom. The monoisotopic (exact) mass is 286 g/mol. The number of thiophene rings is 2. The number of aromatic carboxylic acids is 1. The van der Waals surface area contributed by atoms with E-state index in [4.69, 9.17) is 5.11 Å². The van der Waals surface area contributed by atoms with Crippen LogP contribution in [0.25, 0.3) is 22.2 Å². The van der Waals surface area contributed by atoms with Gasteiger partial charge in [-0.05, 0) is 41.8 Å². The minimum absolute atomic E-state index is 0.371. The Labute approximate surface area is 118 Å². The van der Waals surface area contributed by atoms with Gasteiger partial charge >= 0.3 is 5.97 Å². The van der Waals surface area contributed by atoms with Crippen LogP contribution in [0.2, 0.25) is 0 Å². The molecular formula is C15H10O2S2. The minimum atomic E-state index is -0.869. The third kappa shape index (κ3) is 2.59. The zero-order valence-corrected chi connectivity index (χ0v) is 11.5. The summed E-state index contributed by atoms with van der Waals surface area (Å²) < 4.78 is 1.26. The van der Waals surface area contributed by atoms with Gasteiger partial charge in [0.1, 0.15) is 4.88 Å². The first kappa shape index (κ1) is 12.1. The summed E-state index contributed by atoms with van der Waals surface area (Å²) in [6.07, 6.45) is 3.99. The van der Waals surface area contributed by atoms with E-state index < -0.39 is 5.97 Å². The van der Waals surface area contributed by atoms with Crippen LogP contribution in [0.1, 0.15) is 19.4 Å². The largest absolute Gasteiger partial charge is 0.477 e. The average molecular weight is 286 g/mol. The van der Waals surface area contributed by atoms with E-state index in [0.29, 0.717) is 4.88 Å². The molecule has 0 spiro atoms. The zero-order chi connectivity index (χ0) is 13.2. The number of rotatable bonds is 3. The molecule has 3 aromatic rings. The predicted octanol–water partition coefficient (Wildman–Crippen LogP) is 4.83. The molecule has 1 N–H and O–H groups in total. The van der Waals surface area contributed by atoms with E-state index in [1.54, 1.807) is 17.4 Å². The molecule has 0 saturated carbocycles. The Morgan fingerprint density at radius 1 is 1.00 bits per heavy atom. The molecule has 0 aliphatic heterocycles. The number of carboxylic acids is 1. The highest BCUT2D eigenvalue weighted by Crippen LogP contribution is 2.27. The van der Waals surface area contributed by atoms with E-state index in [0.717, 1.165) is 4.88 Å². The molecule has 1 aromatic carbocycles. The molecule has 0 radical (unpaired) electrons. The lowest BCUT2D eigenvalue weighted by Gasteiger charge is -1.84. The van der Waals surface area contributed by atoms with E-state index in [2.05, 4.69) is 18.2 Å². The Balaban J connectivity index is 1.86. The normalized spacial score (nSPS) is 11.4. The number of carboxylic acid groups (broad SMARTS) is 1. The van der Waals surface area contributed by atoms with Crippen molar-refractivity contribution >= 4 is 50.9 Å². The van der Waals surface area contributed by atoms with Crippen LogP contribution in [0, 0.1) is 0 Å². The van der Waals surface area contributed by atoms with Crippen molar-refractivity contribution in [2.24, 2.45) is 0 Å². The summed E-state index contributed by atoms with van der Waals surface area (Å²) in [6.45, 7) is 0. The van der Waals surface area contributed by atoms with Gasteiger partial charge in [0, 0.05) is 14.5 Å². The zero-order valence-electron chi connectivity index (χ0n) is 9.87. The number of hydrogen-bond acceptors (Lipinski definition) is 3. The van der Waals surface area contributed by atoms with Gasteiger partial charge in [0.15, 0.2) is 0 Å². The molecule has 0 saturated heterocycles. The molecule has 3 rings (SSSR count). The molecule has 0 atom stereocenters. The van der Waals surface area contributed by atoms with Crippen molar-refractivity contribution in [1.29, 1.82) is 0 Å². The first-order chi connectivity index (χ1) is 9.22. The lowest BCUT2D eigenvalue weighted by Crippen LogP contribution is -1.89. The van der Waals surface area contributed by atoms with Crippen LogP contribution in [0.3, 0.4) is 0 Å². The van der Waals surface area contributed by atoms with Gasteiger partial charge in [-0.2, -0.15) is 0 Å². The van der Waals surface area contributed by atoms with Gasteiger partial charge in [0.2, 0.25) is 0 Å². The summed E-state index contributed by atoms with van der Waals surface area (Å²) in [4.78, 5) is 13.3. The standard InChI is InChI=1S/C15H10O2S2/c16-15(17)14-8-7-11(18-14)5-6-12-9-10-3-1-2-4-13(10)19-12/h1-9H,(H,16,17). The topological polar surface area (TPSA) is 37.3 Å². The Bertz CT molecular complexity index is 732. The summed E-state index contributed by atoms with van der Waals surface area (Å²) in [5.74, 6) is -0.869. The van der Waals surface area contributed by atoms with Crippen LogP contribution < -0.4 is 0 Å². The molecule has 2 aromatic heterocycles. The molecule has 19 heavy (non-hydrogen) atoms. The van der Waals surface area contributed by atoms with Gasteiger partial charge in [0.05, 0.1) is 0 Å². The van der Waals surface area contributed by atoms with Gasteiger partial charge in [-0.25, -0.2) is 4.79 Å². The van der Waals surface area contributed by atoms with E-state index in [9.17, 15) is 4.79 Å². The minimum Gasteiger partial charge on any atom is -0.477 e. The highest BCUT2D eigenvalue weighted by molar-refractivity contribution is 7.20. The fourth-order valence-electron chi connectivity index (χ4n) is 1.81. The Hall–Kier alpha value is -1.91. The van der Waals surface area contributed by atoms with Crippen LogP contribution in [-0.2, 0) is 0 Å². The molecule has 0 unspecified atom stereocenters. The Kier molecular flexibility index (Phi) is 3.19. The second kappa shape index (κ2) is 4.99. The van der Waals surface area contributed by atoms with Crippen LogP contribution >= 0.6 is 22.7 Å². The maximum Gasteiger partial charge on any atom is 0.345 e. The number of benzene rings is 1. The number of carbonyl (C=O) groups is 1. The highest BCUT2D eigenvalue weighted by atomic mass is 32.1. The molecular weight excluding hydrogens is 276 g/mol. The SMILES string of the molecule is O=C(O)c1ccc(C=Cc2cc3ccccc3s2)s1. The molecule has 0 aliphatic carbocycles. The van der Waals surface area contributed by atoms with E-state index >= 15 is 0 Å². The lowest BCUT2D eigenvalue weighted by molar-refractivity contribution is 0.0702. The van der Waals surface area contributed by atoms with E-state index in [1.165, 1.54) is 26.3 Å². The summed E-state index contributed by atoms with van der Waals surface area (Å²) in [5.41, 5.74) is 0. The van der Waals surface area contributed by atoms with Gasteiger partial charge in [-0.15, -0.1) is 22.7 Å². The van der Waals surface area contributed by atoms with Gasteiger partial charge in [-0.3, -0.25) is 0 Å². The van der Waals surface area contributed by atoms with Gasteiger partial charge in [0.25, 0.3) is 0 Å². The maximum absolute atomic E-state index is 10.8. The Morgan fingerprint density at radius 3 is 2.53 bits per heavy atom. The van der Waals surface area contributed by atoms with Crippen molar-refractivity contribution in [3.8, 4) is 0 Å². The molecule has 4 heteroatoms. The molecule has 2 nitrogen and oxygen atoms in total. The quantitative estimate of drug-likeness (QED) is 0.748. The summed E-state index contributed by atoms with van der Waals surface area (Å²) in [6, 6.07) is 13.9. The number of hydrogen-bond donors (Lipinski definition) is 1. The lowest BCUT2D eigenvalue weighted by atomic mass is 10.2. The molecule has 0 bridgehead atoms. The van der Waals surface area contributed by atoms with Crippen LogP contribution in [0.5, 0.6) is 0 Å². The smallest absolute Gasteiger partial charge is 0.345 e. The van der Waals surface area contributed by atoms with E-state index in [1.807, 2.05) is 30.4 Å². The van der Waals surface area contributed by atoms with Crippen molar-refractivity contribution < 1.29 is 9.90 Å². The third-order valence-electron chi connectivity index (χ3n) is 2.69. The van der Waals surface area contributed by atoms with Crippen molar-refractivity contribution in [2.75, 3.05) is 0 Å².